The Morgan fingerprint density at radius 1 is 1.09 bits per heavy atom. The van der Waals surface area contributed by atoms with Crippen LogP contribution in [0.4, 0.5) is 0 Å². The molecule has 0 bridgehead atoms. The first-order valence-corrected chi connectivity index (χ1v) is 12.4. The molecule has 0 radical (unpaired) electrons. The number of unbranched alkanes of at least 4 members (excludes halogenated alkanes) is 1. The Balaban J connectivity index is 1.54. The molecule has 32 heavy (non-hydrogen) atoms. The molecule has 1 atom stereocenters. The molecular formula is C26H40N2O4. The topological polar surface area (TPSA) is 81.1 Å². The molecule has 0 spiro atoms. The van der Waals surface area contributed by atoms with Crippen LogP contribution >= 0.6 is 0 Å². The second-order valence-electron chi connectivity index (χ2n) is 9.70. The second-order valence-corrected chi connectivity index (χ2v) is 9.70. The van der Waals surface area contributed by atoms with Crippen molar-refractivity contribution in [3.05, 3.63) is 35.4 Å². The van der Waals surface area contributed by atoms with E-state index in [2.05, 4.69) is 18.9 Å². The van der Waals surface area contributed by atoms with Crippen LogP contribution in [-0.4, -0.2) is 57.3 Å². The third-order valence-corrected chi connectivity index (χ3v) is 7.95. The van der Waals surface area contributed by atoms with Gasteiger partial charge in [-0.2, -0.15) is 0 Å². The molecule has 6 heteroatoms. The summed E-state index contributed by atoms with van der Waals surface area (Å²) in [6, 6.07) is 6.88. The minimum atomic E-state index is -0.928. The van der Waals surface area contributed by atoms with E-state index in [4.69, 9.17) is 5.11 Å². The zero-order chi connectivity index (χ0) is 23.2. The summed E-state index contributed by atoms with van der Waals surface area (Å²) in [6.45, 7) is 6.54. The fourth-order valence-electron chi connectivity index (χ4n) is 5.61. The Kier molecular flexibility index (Phi) is 8.34. The molecule has 0 aromatic heterocycles. The van der Waals surface area contributed by atoms with Crippen LogP contribution in [0, 0.1) is 5.41 Å². The smallest absolute Gasteiger partial charge is 0.335 e. The number of aromatic carboxylic acids is 1. The van der Waals surface area contributed by atoms with E-state index in [1.54, 1.807) is 12.1 Å². The number of hydrogen-bond acceptors (Lipinski definition) is 4. The van der Waals surface area contributed by atoms with E-state index in [9.17, 15) is 14.7 Å². The fraction of sp³-hybridized carbons (Fsp3) is 0.692. The van der Waals surface area contributed by atoms with E-state index in [-0.39, 0.29) is 16.9 Å². The molecule has 178 valence electrons. The Morgan fingerprint density at radius 2 is 1.78 bits per heavy atom. The molecule has 2 aliphatic rings. The first-order chi connectivity index (χ1) is 15.3. The normalized spacial score (nSPS) is 20.2. The summed E-state index contributed by atoms with van der Waals surface area (Å²) in [4.78, 5) is 23.5. The van der Waals surface area contributed by atoms with Crippen LogP contribution in [0.3, 0.4) is 0 Å². The highest BCUT2D eigenvalue weighted by Gasteiger charge is 2.51. The van der Waals surface area contributed by atoms with Crippen molar-refractivity contribution in [1.82, 2.24) is 10.0 Å². The van der Waals surface area contributed by atoms with Crippen LogP contribution in [-0.2, 0) is 11.2 Å². The van der Waals surface area contributed by atoms with Gasteiger partial charge in [-0.15, -0.1) is 0 Å². The Morgan fingerprint density at radius 3 is 2.34 bits per heavy atom. The van der Waals surface area contributed by atoms with Gasteiger partial charge in [0.2, 0.25) is 5.91 Å². The number of hydrogen-bond donors (Lipinski definition) is 2. The van der Waals surface area contributed by atoms with Crippen molar-refractivity contribution in [2.75, 3.05) is 19.6 Å². The Labute approximate surface area is 192 Å². The zero-order valence-corrected chi connectivity index (χ0v) is 19.8. The number of carbonyl (C=O) groups is 2. The number of rotatable bonds is 13. The predicted octanol–water partition coefficient (Wildman–Crippen LogP) is 4.66. The van der Waals surface area contributed by atoms with Crippen LogP contribution in [0.1, 0.15) is 94.0 Å². The fourth-order valence-corrected chi connectivity index (χ4v) is 5.61. The monoisotopic (exact) mass is 444 g/mol. The minimum Gasteiger partial charge on any atom is -0.478 e. The van der Waals surface area contributed by atoms with Gasteiger partial charge in [-0.25, -0.2) is 9.80 Å². The van der Waals surface area contributed by atoms with Crippen LogP contribution in [0.15, 0.2) is 24.3 Å². The highest BCUT2D eigenvalue weighted by atomic mass is 16.4. The summed E-state index contributed by atoms with van der Waals surface area (Å²) in [5.41, 5.74) is 0.805. The zero-order valence-electron chi connectivity index (χ0n) is 19.8. The average molecular weight is 445 g/mol. The number of carboxylic acids is 1. The Hall–Kier alpha value is -1.92. The molecular weight excluding hydrogens is 404 g/mol. The van der Waals surface area contributed by atoms with Gasteiger partial charge in [0.25, 0.3) is 0 Å². The van der Waals surface area contributed by atoms with Gasteiger partial charge in [-0.3, -0.25) is 9.80 Å². The van der Waals surface area contributed by atoms with Gasteiger partial charge in [-0.05, 0) is 68.1 Å². The van der Waals surface area contributed by atoms with Crippen LogP contribution in [0.5, 0.6) is 0 Å². The van der Waals surface area contributed by atoms with Crippen LogP contribution in [0.2, 0.25) is 0 Å². The molecule has 2 fully saturated rings. The van der Waals surface area contributed by atoms with E-state index in [1.807, 2.05) is 17.1 Å². The lowest BCUT2D eigenvalue weighted by molar-refractivity contribution is -0.146. The summed E-state index contributed by atoms with van der Waals surface area (Å²) in [5.74, 6) is -0.777. The predicted molar refractivity (Wildman–Crippen MR) is 125 cm³/mol. The first kappa shape index (κ1) is 24.7. The maximum absolute atomic E-state index is 12.5. The molecule has 1 unspecified atom stereocenters. The van der Waals surface area contributed by atoms with E-state index < -0.39 is 11.6 Å². The van der Waals surface area contributed by atoms with Gasteiger partial charge in [0, 0.05) is 26.1 Å². The highest BCUT2D eigenvalue weighted by molar-refractivity contribution is 5.87. The quantitative estimate of drug-likeness (QED) is 0.463. The number of amides is 1. The summed E-state index contributed by atoms with van der Waals surface area (Å²) >= 11 is 0. The number of aliphatic hydroxyl groups is 1. The van der Waals surface area contributed by atoms with E-state index in [0.717, 1.165) is 70.0 Å². The maximum Gasteiger partial charge on any atom is 0.335 e. The number of carboxylic acid groups (broad SMARTS) is 1. The molecule has 2 N–H and O–H groups in total. The molecule has 1 amide bonds. The van der Waals surface area contributed by atoms with Crippen LogP contribution in [0.25, 0.3) is 0 Å². The number of hydrazine groups is 1. The average Bonchev–Trinajstić information content (AvgIpc) is 3.10. The lowest BCUT2D eigenvalue weighted by atomic mass is 9.55. The molecule has 1 aliphatic carbocycles. The molecule has 1 saturated heterocycles. The van der Waals surface area contributed by atoms with Gasteiger partial charge in [-0.1, -0.05) is 45.2 Å². The van der Waals surface area contributed by atoms with Gasteiger partial charge in [0.05, 0.1) is 11.2 Å². The molecule has 6 nitrogen and oxygen atoms in total. The molecule has 1 heterocycles. The minimum absolute atomic E-state index is 0.0881. The van der Waals surface area contributed by atoms with Gasteiger partial charge in [0.1, 0.15) is 0 Å². The standard InChI is InChI=1S/C26H40N2O4/c1-3-5-16-26(32,25(4-2)14-6-15-25)17-7-18-27-19-13-23(29)28(27)20-12-21-8-10-22(11-9-21)24(30)31/h8-11,32H,3-7,12-20H2,1-2H3,(H,30,31). The van der Waals surface area contributed by atoms with Crippen molar-refractivity contribution >= 4 is 11.9 Å². The van der Waals surface area contributed by atoms with Crippen molar-refractivity contribution in [3.8, 4) is 0 Å². The largest absolute Gasteiger partial charge is 0.478 e. The van der Waals surface area contributed by atoms with Gasteiger partial charge < -0.3 is 10.2 Å². The van der Waals surface area contributed by atoms with E-state index >= 15 is 0 Å². The van der Waals surface area contributed by atoms with Crippen molar-refractivity contribution < 1.29 is 19.8 Å². The summed E-state index contributed by atoms with van der Waals surface area (Å²) < 4.78 is 0. The van der Waals surface area contributed by atoms with Gasteiger partial charge in [0.15, 0.2) is 0 Å². The van der Waals surface area contributed by atoms with Gasteiger partial charge >= 0.3 is 5.97 Å². The third-order valence-electron chi connectivity index (χ3n) is 7.95. The van der Waals surface area contributed by atoms with Crippen molar-refractivity contribution in [2.24, 2.45) is 5.41 Å². The van der Waals surface area contributed by atoms with Crippen molar-refractivity contribution in [1.29, 1.82) is 0 Å². The third kappa shape index (κ3) is 5.34. The molecule has 1 aliphatic heterocycles. The summed E-state index contributed by atoms with van der Waals surface area (Å²) in [5, 5.41) is 24.7. The second kappa shape index (κ2) is 10.8. The number of benzene rings is 1. The lowest BCUT2D eigenvalue weighted by Gasteiger charge is -2.54. The number of nitrogens with zero attached hydrogens (tertiary/aromatic N) is 2. The highest BCUT2D eigenvalue weighted by Crippen LogP contribution is 2.55. The summed E-state index contributed by atoms with van der Waals surface area (Å²) in [7, 11) is 0. The Bertz CT molecular complexity index is 769. The van der Waals surface area contributed by atoms with Crippen molar-refractivity contribution in [3.63, 3.8) is 0 Å². The lowest BCUT2D eigenvalue weighted by Crippen LogP contribution is -2.52. The molecule has 1 saturated carbocycles. The molecule has 1 aromatic rings. The molecule has 3 rings (SSSR count). The summed E-state index contributed by atoms with van der Waals surface area (Å²) in [6.07, 6.45) is 10.5. The first-order valence-electron chi connectivity index (χ1n) is 12.4. The maximum atomic E-state index is 12.5. The van der Waals surface area contributed by atoms with Crippen LogP contribution < -0.4 is 0 Å². The SMILES string of the molecule is CCCCC(O)(CCCN1CCC(=O)N1CCc1ccc(C(=O)O)cc1)C1(CC)CCC1. The molecule has 1 aromatic carbocycles. The van der Waals surface area contributed by atoms with E-state index in [0.29, 0.717) is 19.4 Å². The van der Waals surface area contributed by atoms with Crippen molar-refractivity contribution in [2.45, 2.75) is 90.1 Å². The van der Waals surface area contributed by atoms with E-state index in [1.165, 1.54) is 6.42 Å². The number of carbonyl (C=O) groups excluding carboxylic acids is 1.